The molecule has 4 heterocycles. The molecule has 2 aliphatic rings. The Kier molecular flexibility index (Phi) is 6.70. The largest absolute Gasteiger partial charge is 0.472 e. The molecule has 16 heteroatoms. The second-order valence-electron chi connectivity index (χ2n) is 7.37. The van der Waals surface area contributed by atoms with Gasteiger partial charge in [0.2, 0.25) is 5.52 Å². The van der Waals surface area contributed by atoms with E-state index in [2.05, 4.69) is 35.8 Å². The van der Waals surface area contributed by atoms with Crippen LogP contribution in [0.3, 0.4) is 0 Å². The van der Waals surface area contributed by atoms with Crippen LogP contribution in [-0.4, -0.2) is 63.9 Å². The van der Waals surface area contributed by atoms with Gasteiger partial charge in [-0.25, -0.2) is 13.7 Å². The molecule has 2 aliphatic heterocycles. The van der Waals surface area contributed by atoms with Crippen molar-refractivity contribution in [1.82, 2.24) is 14.5 Å². The standard InChI is InChI=1S/C16H25N5O9P2/c1-4-10-6-17-15-14-16(19-8-18-15)21(9-20(10)14)13-5-11(30-32(24,25)27-3)12(29-13)7-28-31(22,23)26-2/h8-13H,4-7H2,1-3H3,(H2-,17,18,19,22,23,24,25)/p+1/t10?,11?,12-,13-/m1/s1. The van der Waals surface area contributed by atoms with E-state index in [1.165, 1.54) is 6.33 Å². The molecule has 0 bridgehead atoms. The maximum atomic E-state index is 12.0. The summed E-state index contributed by atoms with van der Waals surface area (Å²) >= 11 is 0. The molecule has 2 aromatic rings. The maximum Gasteiger partial charge on any atom is 0.472 e. The zero-order valence-corrected chi connectivity index (χ0v) is 19.5. The third kappa shape index (κ3) is 4.60. The molecule has 4 rings (SSSR count). The molecule has 6 atom stereocenters. The Morgan fingerprint density at radius 1 is 1.28 bits per heavy atom. The Hall–Kier alpha value is -1.47. The van der Waals surface area contributed by atoms with E-state index < -0.39 is 40.7 Å². The first kappa shape index (κ1) is 23.7. The summed E-state index contributed by atoms with van der Waals surface area (Å²) in [6.07, 6.45) is 1.74. The smallest absolute Gasteiger partial charge is 0.363 e. The summed E-state index contributed by atoms with van der Waals surface area (Å²) in [6, 6.07) is 0.179. The first-order valence-electron chi connectivity index (χ1n) is 9.94. The monoisotopic (exact) mass is 494 g/mol. The topological polar surface area (TPSA) is 167 Å². The summed E-state index contributed by atoms with van der Waals surface area (Å²) in [4.78, 5) is 28.1. The van der Waals surface area contributed by atoms with Crippen molar-refractivity contribution in [2.45, 2.75) is 44.2 Å². The molecule has 1 saturated heterocycles. The highest BCUT2D eigenvalue weighted by atomic mass is 31.2. The molecular weight excluding hydrogens is 468 g/mol. The van der Waals surface area contributed by atoms with Gasteiger partial charge in [0.25, 0.3) is 0 Å². The van der Waals surface area contributed by atoms with E-state index in [1.54, 1.807) is 4.57 Å². The highest BCUT2D eigenvalue weighted by Crippen LogP contribution is 2.48. The highest BCUT2D eigenvalue weighted by Gasteiger charge is 2.45. The Morgan fingerprint density at radius 2 is 2.03 bits per heavy atom. The van der Waals surface area contributed by atoms with Gasteiger partial charge in [0.1, 0.15) is 12.2 Å². The van der Waals surface area contributed by atoms with Crippen LogP contribution in [0.5, 0.6) is 0 Å². The number of nitrogens with zero attached hydrogens (tertiary/aromatic N) is 4. The lowest BCUT2D eigenvalue weighted by Gasteiger charge is -2.20. The van der Waals surface area contributed by atoms with Crippen LogP contribution in [0.25, 0.3) is 11.2 Å². The molecular formula is C16H26N5O9P2+. The molecule has 0 amide bonds. The third-order valence-electron chi connectivity index (χ3n) is 5.55. The van der Waals surface area contributed by atoms with Gasteiger partial charge in [-0.3, -0.25) is 22.7 Å². The normalized spacial score (nSPS) is 28.9. The predicted molar refractivity (Wildman–Crippen MR) is 109 cm³/mol. The van der Waals surface area contributed by atoms with Crippen LogP contribution >= 0.6 is 15.6 Å². The number of ether oxygens (including phenoxy) is 1. The van der Waals surface area contributed by atoms with E-state index in [-0.39, 0.29) is 12.5 Å². The molecule has 0 aromatic carbocycles. The van der Waals surface area contributed by atoms with Crippen LogP contribution in [0.2, 0.25) is 0 Å². The lowest BCUT2D eigenvalue weighted by molar-refractivity contribution is -0.739. The zero-order chi connectivity index (χ0) is 23.1. The summed E-state index contributed by atoms with van der Waals surface area (Å²) in [5.41, 5.74) is 1.42. The predicted octanol–water partition coefficient (Wildman–Crippen LogP) is 1.28. The van der Waals surface area contributed by atoms with Gasteiger partial charge in [-0.05, 0) is 6.42 Å². The van der Waals surface area contributed by atoms with E-state index in [9.17, 15) is 18.9 Å². The van der Waals surface area contributed by atoms with Crippen molar-refractivity contribution in [1.29, 1.82) is 0 Å². The summed E-state index contributed by atoms with van der Waals surface area (Å²) in [7, 11) is -6.58. The van der Waals surface area contributed by atoms with Crippen molar-refractivity contribution in [3.05, 3.63) is 12.7 Å². The Balaban J connectivity index is 1.66. The van der Waals surface area contributed by atoms with Crippen molar-refractivity contribution in [2.24, 2.45) is 0 Å². The quantitative estimate of drug-likeness (QED) is 0.338. The first-order valence-corrected chi connectivity index (χ1v) is 12.9. The van der Waals surface area contributed by atoms with Gasteiger partial charge in [0.15, 0.2) is 24.7 Å². The third-order valence-corrected chi connectivity index (χ3v) is 7.48. The second kappa shape index (κ2) is 9.05. The minimum absolute atomic E-state index is 0.137. The summed E-state index contributed by atoms with van der Waals surface area (Å²) < 4.78 is 52.7. The Labute approximate surface area is 183 Å². The SMILES string of the molecule is CCC1CNc2ncnc3c2n1c[n+]3[C@H]1CC(OP(=O)(O)OC)[C@@H](COP(=O)(O)OC)O1. The van der Waals surface area contributed by atoms with Crippen molar-refractivity contribution >= 4 is 32.6 Å². The fourth-order valence-electron chi connectivity index (χ4n) is 3.88. The summed E-state index contributed by atoms with van der Waals surface area (Å²) in [6.45, 7) is 2.38. The Morgan fingerprint density at radius 3 is 2.72 bits per heavy atom. The van der Waals surface area contributed by atoms with Crippen molar-refractivity contribution in [3.8, 4) is 0 Å². The van der Waals surface area contributed by atoms with E-state index in [4.69, 9.17) is 13.8 Å². The number of anilines is 1. The molecule has 4 unspecified atom stereocenters. The Bertz CT molecular complexity index is 1080. The van der Waals surface area contributed by atoms with Crippen LogP contribution in [0.4, 0.5) is 5.82 Å². The maximum absolute atomic E-state index is 12.0. The first-order chi connectivity index (χ1) is 15.2. The average Bonchev–Trinajstić information content (AvgIpc) is 3.35. The number of phosphoric acid groups is 2. The van der Waals surface area contributed by atoms with E-state index in [1.807, 2.05) is 6.33 Å². The number of imidazole rings is 1. The minimum atomic E-state index is -4.36. The summed E-state index contributed by atoms with van der Waals surface area (Å²) in [5.74, 6) is 0.699. The molecule has 14 nitrogen and oxygen atoms in total. The zero-order valence-electron chi connectivity index (χ0n) is 17.7. The number of rotatable bonds is 9. The van der Waals surface area contributed by atoms with Gasteiger partial charge >= 0.3 is 21.3 Å². The van der Waals surface area contributed by atoms with Crippen LogP contribution in [0.1, 0.15) is 32.0 Å². The highest BCUT2D eigenvalue weighted by molar-refractivity contribution is 7.47. The molecule has 0 saturated carbocycles. The molecule has 2 aromatic heterocycles. The number of hydrogen-bond acceptors (Lipinski definition) is 10. The number of aromatic nitrogens is 4. The van der Waals surface area contributed by atoms with Crippen LogP contribution < -0.4 is 9.88 Å². The molecule has 0 spiro atoms. The van der Waals surface area contributed by atoms with Crippen LogP contribution in [0.15, 0.2) is 12.7 Å². The second-order valence-corrected chi connectivity index (χ2v) is 10.4. The van der Waals surface area contributed by atoms with E-state index in [0.29, 0.717) is 18.0 Å². The number of nitrogens with one attached hydrogen (secondary N) is 1. The van der Waals surface area contributed by atoms with Gasteiger partial charge in [-0.1, -0.05) is 11.9 Å². The van der Waals surface area contributed by atoms with Crippen LogP contribution in [-0.2, 0) is 32.0 Å². The number of phosphoric ester groups is 2. The van der Waals surface area contributed by atoms with Crippen LogP contribution in [0, 0.1) is 0 Å². The molecule has 3 N–H and O–H groups in total. The molecule has 178 valence electrons. The van der Waals surface area contributed by atoms with E-state index >= 15 is 0 Å². The van der Waals surface area contributed by atoms with Gasteiger partial charge in [0, 0.05) is 20.6 Å². The van der Waals surface area contributed by atoms with Gasteiger partial charge < -0.3 is 19.8 Å². The number of hydrogen-bond donors (Lipinski definition) is 3. The van der Waals surface area contributed by atoms with Crippen molar-refractivity contribution in [3.63, 3.8) is 0 Å². The lowest BCUT2D eigenvalue weighted by atomic mass is 10.2. The summed E-state index contributed by atoms with van der Waals surface area (Å²) in [5, 5.41) is 3.30. The van der Waals surface area contributed by atoms with Gasteiger partial charge in [-0.2, -0.15) is 4.98 Å². The molecule has 0 aliphatic carbocycles. The van der Waals surface area contributed by atoms with Crippen molar-refractivity contribution < 1.29 is 46.3 Å². The van der Waals surface area contributed by atoms with Gasteiger partial charge in [-0.15, -0.1) is 0 Å². The van der Waals surface area contributed by atoms with E-state index in [0.717, 1.165) is 26.2 Å². The molecule has 1 fully saturated rings. The fraction of sp³-hybridized carbons (Fsp3) is 0.688. The molecule has 0 radical (unpaired) electrons. The molecule has 32 heavy (non-hydrogen) atoms. The average molecular weight is 494 g/mol. The van der Waals surface area contributed by atoms with Crippen molar-refractivity contribution in [2.75, 3.05) is 32.7 Å². The minimum Gasteiger partial charge on any atom is -0.363 e. The lowest BCUT2D eigenvalue weighted by Crippen LogP contribution is -2.39. The van der Waals surface area contributed by atoms with Gasteiger partial charge in [0.05, 0.1) is 19.2 Å². The fourth-order valence-corrected chi connectivity index (χ4v) is 4.97.